The van der Waals surface area contributed by atoms with Gasteiger partial charge in [0.1, 0.15) is 0 Å². The van der Waals surface area contributed by atoms with E-state index < -0.39 is 11.9 Å². The second kappa shape index (κ2) is 6.15. The summed E-state index contributed by atoms with van der Waals surface area (Å²) in [5, 5.41) is 15.4. The zero-order valence-electron chi connectivity index (χ0n) is 10.8. The maximum absolute atomic E-state index is 11.8. The van der Waals surface area contributed by atoms with Crippen LogP contribution in [0.25, 0.3) is 0 Å². The Hall–Kier alpha value is -1.89. The largest absolute Gasteiger partial charge is 0.477 e. The summed E-state index contributed by atoms with van der Waals surface area (Å²) in [6.07, 6.45) is 2.08. The third kappa shape index (κ3) is 3.56. The Morgan fingerprint density at radius 2 is 2.17 bits per heavy atom. The van der Waals surface area contributed by atoms with Gasteiger partial charge in [-0.2, -0.15) is 5.10 Å². The van der Waals surface area contributed by atoms with Crippen molar-refractivity contribution in [3.63, 3.8) is 0 Å². The number of rotatable bonds is 6. The SMILES string of the molecule is CN(C)CCCNC(=O)c1cnn(C)c1C(=O)O. The number of nitrogens with one attached hydrogen (secondary N) is 1. The number of hydrogen-bond donors (Lipinski definition) is 2. The first-order chi connectivity index (χ1) is 8.43. The summed E-state index contributed by atoms with van der Waals surface area (Å²) < 4.78 is 1.18. The van der Waals surface area contributed by atoms with Crippen LogP contribution in [0.15, 0.2) is 6.20 Å². The third-order valence-corrected chi connectivity index (χ3v) is 2.45. The van der Waals surface area contributed by atoms with Crippen LogP contribution in [-0.4, -0.2) is 58.8 Å². The number of nitrogens with zero attached hydrogens (tertiary/aromatic N) is 3. The van der Waals surface area contributed by atoms with Gasteiger partial charge in [0.25, 0.3) is 5.91 Å². The molecule has 0 fully saturated rings. The van der Waals surface area contributed by atoms with E-state index in [0.29, 0.717) is 6.54 Å². The molecule has 0 unspecified atom stereocenters. The van der Waals surface area contributed by atoms with Gasteiger partial charge in [-0.25, -0.2) is 4.79 Å². The fourth-order valence-corrected chi connectivity index (χ4v) is 1.55. The van der Waals surface area contributed by atoms with Crippen LogP contribution in [0.2, 0.25) is 0 Å². The molecule has 1 heterocycles. The van der Waals surface area contributed by atoms with Crippen molar-refractivity contribution in [3.8, 4) is 0 Å². The number of carboxylic acid groups (broad SMARTS) is 1. The predicted molar refractivity (Wildman–Crippen MR) is 65.7 cm³/mol. The van der Waals surface area contributed by atoms with Crippen LogP contribution in [0.4, 0.5) is 0 Å². The van der Waals surface area contributed by atoms with Crippen LogP contribution >= 0.6 is 0 Å². The van der Waals surface area contributed by atoms with Crippen LogP contribution in [0.1, 0.15) is 27.3 Å². The lowest BCUT2D eigenvalue weighted by atomic mass is 10.2. The van der Waals surface area contributed by atoms with Crippen molar-refractivity contribution in [2.75, 3.05) is 27.2 Å². The highest BCUT2D eigenvalue weighted by molar-refractivity contribution is 6.03. The molecular formula is C11H18N4O3. The molecule has 1 aromatic rings. The maximum Gasteiger partial charge on any atom is 0.354 e. The maximum atomic E-state index is 11.8. The van der Waals surface area contributed by atoms with Crippen molar-refractivity contribution in [2.45, 2.75) is 6.42 Å². The highest BCUT2D eigenvalue weighted by atomic mass is 16.4. The van der Waals surface area contributed by atoms with Crippen LogP contribution in [0.3, 0.4) is 0 Å². The van der Waals surface area contributed by atoms with Gasteiger partial charge in [0.15, 0.2) is 5.69 Å². The number of carboxylic acids is 1. The van der Waals surface area contributed by atoms with Gasteiger partial charge in [0.05, 0.1) is 11.8 Å². The first-order valence-corrected chi connectivity index (χ1v) is 5.61. The average molecular weight is 254 g/mol. The molecule has 7 heteroatoms. The van der Waals surface area contributed by atoms with Gasteiger partial charge in [-0.3, -0.25) is 9.48 Å². The topological polar surface area (TPSA) is 87.5 Å². The Morgan fingerprint density at radius 3 is 2.72 bits per heavy atom. The third-order valence-electron chi connectivity index (χ3n) is 2.45. The zero-order valence-corrected chi connectivity index (χ0v) is 10.8. The number of hydrogen-bond acceptors (Lipinski definition) is 4. The summed E-state index contributed by atoms with van der Waals surface area (Å²) in [5.74, 6) is -1.56. The molecule has 0 saturated carbocycles. The van der Waals surface area contributed by atoms with Crippen LogP contribution in [-0.2, 0) is 7.05 Å². The van der Waals surface area contributed by atoms with Gasteiger partial charge in [-0.05, 0) is 27.1 Å². The van der Waals surface area contributed by atoms with Crippen molar-refractivity contribution in [2.24, 2.45) is 7.05 Å². The molecule has 0 bridgehead atoms. The minimum Gasteiger partial charge on any atom is -0.477 e. The van der Waals surface area contributed by atoms with E-state index >= 15 is 0 Å². The Morgan fingerprint density at radius 1 is 1.50 bits per heavy atom. The number of carbonyl (C=O) groups is 2. The molecule has 0 saturated heterocycles. The minimum absolute atomic E-state index is 0.0925. The molecule has 1 aromatic heterocycles. The van der Waals surface area contributed by atoms with E-state index in [-0.39, 0.29) is 11.3 Å². The van der Waals surface area contributed by atoms with E-state index in [1.807, 2.05) is 19.0 Å². The summed E-state index contributed by atoms with van der Waals surface area (Å²) in [4.78, 5) is 24.8. The summed E-state index contributed by atoms with van der Waals surface area (Å²) in [6.45, 7) is 1.37. The Labute approximate surface area is 105 Å². The summed E-state index contributed by atoms with van der Waals surface area (Å²) in [6, 6.07) is 0. The fourth-order valence-electron chi connectivity index (χ4n) is 1.55. The highest BCUT2D eigenvalue weighted by Crippen LogP contribution is 2.07. The van der Waals surface area contributed by atoms with Gasteiger partial charge in [0, 0.05) is 13.6 Å². The predicted octanol–water partition coefficient (Wildman–Crippen LogP) is -0.200. The first kappa shape index (κ1) is 14.2. The normalized spacial score (nSPS) is 10.7. The number of aromatic carboxylic acids is 1. The first-order valence-electron chi connectivity index (χ1n) is 5.61. The molecule has 0 aromatic carbocycles. The van der Waals surface area contributed by atoms with Crippen molar-refractivity contribution < 1.29 is 14.7 Å². The lowest BCUT2D eigenvalue weighted by molar-refractivity contribution is 0.0679. The van der Waals surface area contributed by atoms with Crippen LogP contribution in [0, 0.1) is 0 Å². The second-order valence-electron chi connectivity index (χ2n) is 4.25. The van der Waals surface area contributed by atoms with Crippen molar-refractivity contribution >= 4 is 11.9 Å². The van der Waals surface area contributed by atoms with Crippen molar-refractivity contribution in [1.82, 2.24) is 20.0 Å². The standard InChI is InChI=1S/C11H18N4O3/c1-14(2)6-4-5-12-10(16)8-7-13-15(3)9(8)11(17)18/h7H,4-6H2,1-3H3,(H,12,16)(H,17,18). The minimum atomic E-state index is -1.16. The Balaban J connectivity index is 2.59. The molecule has 100 valence electrons. The quantitative estimate of drug-likeness (QED) is 0.686. The van der Waals surface area contributed by atoms with Gasteiger partial charge in [0.2, 0.25) is 0 Å². The summed E-state index contributed by atoms with van der Waals surface area (Å²) in [7, 11) is 5.39. The molecule has 18 heavy (non-hydrogen) atoms. The molecule has 0 aliphatic carbocycles. The fraction of sp³-hybridized carbons (Fsp3) is 0.545. The van der Waals surface area contributed by atoms with Gasteiger partial charge < -0.3 is 15.3 Å². The number of aromatic nitrogens is 2. The average Bonchev–Trinajstić information content (AvgIpc) is 2.66. The van der Waals surface area contributed by atoms with Gasteiger partial charge in [-0.1, -0.05) is 0 Å². The molecule has 1 rings (SSSR count). The molecule has 0 atom stereocenters. The Kier molecular flexibility index (Phi) is 4.85. The van der Waals surface area contributed by atoms with Crippen LogP contribution in [0.5, 0.6) is 0 Å². The smallest absolute Gasteiger partial charge is 0.354 e. The number of carbonyl (C=O) groups excluding carboxylic acids is 1. The zero-order chi connectivity index (χ0) is 13.7. The van der Waals surface area contributed by atoms with Crippen molar-refractivity contribution in [3.05, 3.63) is 17.5 Å². The van der Waals surface area contributed by atoms with Crippen molar-refractivity contribution in [1.29, 1.82) is 0 Å². The molecule has 7 nitrogen and oxygen atoms in total. The molecule has 1 amide bonds. The van der Waals surface area contributed by atoms with E-state index in [0.717, 1.165) is 13.0 Å². The van der Waals surface area contributed by atoms with E-state index in [9.17, 15) is 9.59 Å². The monoisotopic (exact) mass is 254 g/mol. The number of amides is 1. The van der Waals surface area contributed by atoms with Gasteiger partial charge in [-0.15, -0.1) is 0 Å². The molecule has 0 aliphatic rings. The Bertz CT molecular complexity index is 439. The molecule has 0 aliphatic heterocycles. The summed E-state index contributed by atoms with van der Waals surface area (Å²) >= 11 is 0. The van der Waals surface area contributed by atoms with E-state index in [2.05, 4.69) is 10.4 Å². The van der Waals surface area contributed by atoms with Crippen LogP contribution < -0.4 is 5.32 Å². The van der Waals surface area contributed by atoms with Gasteiger partial charge >= 0.3 is 5.97 Å². The lowest BCUT2D eigenvalue weighted by Crippen LogP contribution is -2.28. The molecular weight excluding hydrogens is 236 g/mol. The second-order valence-corrected chi connectivity index (χ2v) is 4.25. The number of aryl methyl sites for hydroxylation is 1. The van der Waals surface area contributed by atoms with E-state index in [1.165, 1.54) is 17.9 Å². The van der Waals surface area contributed by atoms with E-state index in [4.69, 9.17) is 5.11 Å². The molecule has 2 N–H and O–H groups in total. The van der Waals surface area contributed by atoms with E-state index in [1.54, 1.807) is 0 Å². The lowest BCUT2D eigenvalue weighted by Gasteiger charge is -2.09. The highest BCUT2D eigenvalue weighted by Gasteiger charge is 2.20. The molecule has 0 radical (unpaired) electrons. The summed E-state index contributed by atoms with van der Waals surface area (Å²) in [5.41, 5.74) is -0.00466. The molecule has 0 spiro atoms.